The fourth-order valence-electron chi connectivity index (χ4n) is 2.43. The Balaban J connectivity index is 2.04. The number of carbonyl (C=O) groups excluding carboxylic acids is 1. The largest absolute Gasteiger partial charge is 0.514 e. The van der Waals surface area contributed by atoms with E-state index in [0.29, 0.717) is 18.6 Å². The van der Waals surface area contributed by atoms with Crippen molar-refractivity contribution in [3.8, 4) is 5.75 Å². The molecule has 3 nitrogen and oxygen atoms in total. The summed E-state index contributed by atoms with van der Waals surface area (Å²) in [6, 6.07) is 7.33. The van der Waals surface area contributed by atoms with Gasteiger partial charge >= 0.3 is 6.16 Å². The Bertz CT molecular complexity index is 479. The summed E-state index contributed by atoms with van der Waals surface area (Å²) in [7, 11) is 0. The van der Waals surface area contributed by atoms with Crippen LogP contribution in [0.15, 0.2) is 24.3 Å². The molecule has 1 aliphatic rings. The van der Waals surface area contributed by atoms with E-state index in [4.69, 9.17) is 9.47 Å². The number of benzene rings is 1. The van der Waals surface area contributed by atoms with Crippen LogP contribution in [-0.4, -0.2) is 18.4 Å². The topological polar surface area (TPSA) is 35.5 Å². The van der Waals surface area contributed by atoms with Crippen molar-refractivity contribution in [2.24, 2.45) is 0 Å². The molecule has 0 N–H and O–H groups in total. The Morgan fingerprint density at radius 2 is 1.95 bits per heavy atom. The van der Waals surface area contributed by atoms with Crippen molar-refractivity contribution in [3.05, 3.63) is 29.8 Å². The average Bonchev–Trinajstić information content (AvgIpc) is 2.74. The zero-order valence-corrected chi connectivity index (χ0v) is 12.2. The van der Waals surface area contributed by atoms with E-state index in [1.807, 2.05) is 32.9 Å². The van der Waals surface area contributed by atoms with Crippen molar-refractivity contribution in [2.75, 3.05) is 0 Å². The van der Waals surface area contributed by atoms with E-state index in [2.05, 4.69) is 0 Å². The van der Waals surface area contributed by atoms with Crippen molar-refractivity contribution in [1.29, 1.82) is 0 Å². The quantitative estimate of drug-likeness (QED) is 0.595. The Morgan fingerprint density at radius 1 is 1.25 bits per heavy atom. The molecule has 2 unspecified atom stereocenters. The van der Waals surface area contributed by atoms with Gasteiger partial charge in [0.05, 0.1) is 0 Å². The Kier molecular flexibility index (Phi) is 4.31. The zero-order valence-electron chi connectivity index (χ0n) is 12.2. The highest BCUT2D eigenvalue weighted by atomic mass is 19.1. The molecule has 20 heavy (non-hydrogen) atoms. The maximum Gasteiger partial charge on any atom is 0.514 e. The molecule has 0 bridgehead atoms. The molecular weight excluding hydrogens is 259 g/mol. The number of hydrogen-bond donors (Lipinski definition) is 0. The van der Waals surface area contributed by atoms with E-state index in [0.717, 1.165) is 12.0 Å². The molecule has 1 fully saturated rings. The maximum atomic E-state index is 13.4. The Hall–Kier alpha value is -1.58. The lowest BCUT2D eigenvalue weighted by molar-refractivity contribution is 0.0307. The SMILES string of the molecule is CC(C)(C)c1ccccc1OC(=O)OC1CCCC1F. The summed E-state index contributed by atoms with van der Waals surface area (Å²) in [4.78, 5) is 11.8. The molecule has 2 rings (SSSR count). The van der Waals surface area contributed by atoms with Gasteiger partial charge in [0.25, 0.3) is 0 Å². The van der Waals surface area contributed by atoms with Crippen LogP contribution >= 0.6 is 0 Å². The lowest BCUT2D eigenvalue weighted by atomic mass is 9.86. The molecule has 0 radical (unpaired) electrons. The van der Waals surface area contributed by atoms with E-state index in [-0.39, 0.29) is 5.41 Å². The molecule has 4 heteroatoms. The standard InChI is InChI=1S/C16H21FO3/c1-16(2,3)11-7-4-5-9-13(11)19-15(18)20-14-10-6-8-12(14)17/h4-5,7,9,12,14H,6,8,10H2,1-3H3. The summed E-state index contributed by atoms with van der Waals surface area (Å²) in [6.07, 6.45) is -0.785. The first-order chi connectivity index (χ1) is 9.38. The van der Waals surface area contributed by atoms with Crippen LogP contribution in [0, 0.1) is 0 Å². The third-order valence-electron chi connectivity index (χ3n) is 3.51. The molecule has 1 aromatic rings. The van der Waals surface area contributed by atoms with Crippen LogP contribution < -0.4 is 4.74 Å². The first-order valence-electron chi connectivity index (χ1n) is 7.00. The number of halogens is 1. The molecule has 0 aliphatic heterocycles. The highest BCUT2D eigenvalue weighted by Gasteiger charge is 2.31. The molecule has 0 spiro atoms. The van der Waals surface area contributed by atoms with Crippen molar-refractivity contribution in [3.63, 3.8) is 0 Å². The third kappa shape index (κ3) is 3.50. The monoisotopic (exact) mass is 280 g/mol. The maximum absolute atomic E-state index is 13.4. The van der Waals surface area contributed by atoms with Crippen LogP contribution in [0.4, 0.5) is 9.18 Å². The Labute approximate surface area is 119 Å². The lowest BCUT2D eigenvalue weighted by Crippen LogP contribution is -2.25. The number of hydrogen-bond acceptors (Lipinski definition) is 3. The minimum absolute atomic E-state index is 0.146. The van der Waals surface area contributed by atoms with E-state index in [1.54, 1.807) is 12.1 Å². The summed E-state index contributed by atoms with van der Waals surface area (Å²) in [5.74, 6) is 0.471. The molecule has 0 heterocycles. The summed E-state index contributed by atoms with van der Waals surface area (Å²) in [6.45, 7) is 6.11. The van der Waals surface area contributed by atoms with Gasteiger partial charge < -0.3 is 9.47 Å². The van der Waals surface area contributed by atoms with Gasteiger partial charge in [0.1, 0.15) is 18.0 Å². The van der Waals surface area contributed by atoms with Gasteiger partial charge in [-0.3, -0.25) is 0 Å². The molecule has 0 aromatic heterocycles. The summed E-state index contributed by atoms with van der Waals surface area (Å²) >= 11 is 0. The molecule has 110 valence electrons. The second kappa shape index (κ2) is 5.81. The predicted molar refractivity (Wildman–Crippen MR) is 74.8 cm³/mol. The number of rotatable bonds is 2. The number of para-hydroxylation sites is 1. The minimum Gasteiger partial charge on any atom is -0.428 e. The zero-order chi connectivity index (χ0) is 14.8. The molecule has 0 saturated heterocycles. The summed E-state index contributed by atoms with van der Waals surface area (Å²) in [5.41, 5.74) is 0.771. The number of carbonyl (C=O) groups is 1. The van der Waals surface area contributed by atoms with E-state index < -0.39 is 18.4 Å². The highest BCUT2D eigenvalue weighted by Crippen LogP contribution is 2.32. The van der Waals surface area contributed by atoms with Crippen molar-refractivity contribution >= 4 is 6.16 Å². The van der Waals surface area contributed by atoms with Crippen LogP contribution in [0.1, 0.15) is 45.6 Å². The van der Waals surface area contributed by atoms with Crippen LogP contribution in [-0.2, 0) is 10.2 Å². The summed E-state index contributed by atoms with van der Waals surface area (Å²) in [5, 5.41) is 0. The lowest BCUT2D eigenvalue weighted by Gasteiger charge is -2.22. The van der Waals surface area contributed by atoms with Gasteiger partial charge in [0, 0.05) is 5.56 Å². The van der Waals surface area contributed by atoms with Gasteiger partial charge in [-0.2, -0.15) is 0 Å². The third-order valence-corrected chi connectivity index (χ3v) is 3.51. The minimum atomic E-state index is -1.07. The first kappa shape index (κ1) is 14.8. The van der Waals surface area contributed by atoms with Gasteiger partial charge in [-0.15, -0.1) is 0 Å². The molecule has 2 atom stereocenters. The van der Waals surface area contributed by atoms with E-state index in [9.17, 15) is 9.18 Å². The molecule has 0 amide bonds. The van der Waals surface area contributed by atoms with Crippen LogP contribution in [0.25, 0.3) is 0 Å². The van der Waals surface area contributed by atoms with Gasteiger partial charge in [-0.25, -0.2) is 9.18 Å². The first-order valence-corrected chi connectivity index (χ1v) is 7.00. The summed E-state index contributed by atoms with van der Waals surface area (Å²) < 4.78 is 23.7. The Morgan fingerprint density at radius 3 is 2.55 bits per heavy atom. The average molecular weight is 280 g/mol. The molecule has 1 aliphatic carbocycles. The van der Waals surface area contributed by atoms with Crippen LogP contribution in [0.3, 0.4) is 0 Å². The van der Waals surface area contributed by atoms with Crippen molar-refractivity contribution in [2.45, 2.75) is 57.7 Å². The van der Waals surface area contributed by atoms with E-state index >= 15 is 0 Å². The van der Waals surface area contributed by atoms with Gasteiger partial charge in [-0.1, -0.05) is 39.0 Å². The fraction of sp³-hybridized carbons (Fsp3) is 0.562. The second-order valence-electron chi connectivity index (χ2n) is 6.20. The fourth-order valence-corrected chi connectivity index (χ4v) is 2.43. The van der Waals surface area contributed by atoms with Gasteiger partial charge in [-0.05, 0) is 30.7 Å². The molecule has 1 saturated carbocycles. The van der Waals surface area contributed by atoms with Gasteiger partial charge in [0.15, 0.2) is 0 Å². The van der Waals surface area contributed by atoms with E-state index in [1.165, 1.54) is 0 Å². The molecular formula is C16H21FO3. The van der Waals surface area contributed by atoms with Crippen LogP contribution in [0.2, 0.25) is 0 Å². The number of alkyl halides is 1. The van der Waals surface area contributed by atoms with Crippen molar-refractivity contribution in [1.82, 2.24) is 0 Å². The second-order valence-corrected chi connectivity index (χ2v) is 6.20. The predicted octanol–water partition coefficient (Wildman–Crippen LogP) is 4.39. The van der Waals surface area contributed by atoms with Crippen LogP contribution in [0.5, 0.6) is 5.75 Å². The number of ether oxygens (including phenoxy) is 2. The smallest absolute Gasteiger partial charge is 0.428 e. The molecule has 1 aromatic carbocycles. The van der Waals surface area contributed by atoms with Crippen molar-refractivity contribution < 1.29 is 18.7 Å². The highest BCUT2D eigenvalue weighted by molar-refractivity contribution is 5.65. The normalized spacial score (nSPS) is 22.6. The van der Waals surface area contributed by atoms with Gasteiger partial charge in [0.2, 0.25) is 0 Å².